The highest BCUT2D eigenvalue weighted by molar-refractivity contribution is 5.24. The van der Waals surface area contributed by atoms with Gasteiger partial charge in [0.2, 0.25) is 0 Å². The highest BCUT2D eigenvalue weighted by Gasteiger charge is 2.14. The van der Waals surface area contributed by atoms with Crippen molar-refractivity contribution in [1.29, 1.82) is 0 Å². The van der Waals surface area contributed by atoms with Gasteiger partial charge in [-0.05, 0) is 38.3 Å². The van der Waals surface area contributed by atoms with E-state index in [0.29, 0.717) is 6.54 Å². The zero-order valence-electron chi connectivity index (χ0n) is 11.4. The van der Waals surface area contributed by atoms with Gasteiger partial charge in [-0.2, -0.15) is 0 Å². The number of benzene rings is 1. The lowest BCUT2D eigenvalue weighted by atomic mass is 10.0. The minimum absolute atomic E-state index is 0.0352. The van der Waals surface area contributed by atoms with Gasteiger partial charge in [-0.25, -0.2) is 4.39 Å². The topological polar surface area (TPSA) is 12.0 Å². The van der Waals surface area contributed by atoms with Crippen LogP contribution in [0.2, 0.25) is 0 Å². The molecule has 0 heterocycles. The molecule has 0 aromatic heterocycles. The van der Waals surface area contributed by atoms with Crippen molar-refractivity contribution in [2.45, 2.75) is 52.2 Å². The molecule has 1 nitrogen and oxygen atoms in total. The van der Waals surface area contributed by atoms with E-state index in [1.54, 1.807) is 0 Å². The van der Waals surface area contributed by atoms with Gasteiger partial charge in [-0.1, -0.05) is 37.6 Å². The van der Waals surface area contributed by atoms with E-state index < -0.39 is 6.17 Å². The first-order valence-corrected chi connectivity index (χ1v) is 6.40. The highest BCUT2D eigenvalue weighted by atomic mass is 19.1. The molecular formula is C15H24FN. The zero-order valence-corrected chi connectivity index (χ0v) is 11.4. The fraction of sp³-hybridized carbons (Fsp3) is 0.600. The Kier molecular flexibility index (Phi) is 5.13. The van der Waals surface area contributed by atoms with Crippen molar-refractivity contribution < 1.29 is 4.39 Å². The Morgan fingerprint density at radius 2 is 1.76 bits per heavy atom. The molecule has 0 aliphatic rings. The first-order chi connectivity index (χ1) is 7.92. The van der Waals surface area contributed by atoms with Crippen molar-refractivity contribution in [3.63, 3.8) is 0 Å². The van der Waals surface area contributed by atoms with Crippen molar-refractivity contribution >= 4 is 0 Å². The Labute approximate surface area is 104 Å². The summed E-state index contributed by atoms with van der Waals surface area (Å²) >= 11 is 0. The molecule has 2 heteroatoms. The minimum Gasteiger partial charge on any atom is -0.309 e. The second-order valence-corrected chi connectivity index (χ2v) is 5.59. The van der Waals surface area contributed by atoms with E-state index in [1.807, 2.05) is 45.0 Å². The Bertz CT molecular complexity index is 324. The van der Waals surface area contributed by atoms with E-state index in [0.717, 1.165) is 18.4 Å². The Hall–Kier alpha value is -0.890. The van der Waals surface area contributed by atoms with Gasteiger partial charge in [-0.3, -0.25) is 0 Å². The lowest BCUT2D eigenvalue weighted by Gasteiger charge is -2.22. The zero-order chi connectivity index (χ0) is 12.9. The van der Waals surface area contributed by atoms with Crippen LogP contribution in [0.3, 0.4) is 0 Å². The molecule has 0 amide bonds. The monoisotopic (exact) mass is 237 g/mol. The third kappa shape index (κ3) is 5.31. The Morgan fingerprint density at radius 3 is 2.24 bits per heavy atom. The average molecular weight is 237 g/mol. The van der Waals surface area contributed by atoms with Crippen molar-refractivity contribution in [3.05, 3.63) is 35.4 Å². The largest absolute Gasteiger partial charge is 0.309 e. The average Bonchev–Trinajstić information content (AvgIpc) is 2.26. The van der Waals surface area contributed by atoms with Crippen LogP contribution in [0, 0.1) is 0 Å². The molecule has 0 saturated carbocycles. The summed E-state index contributed by atoms with van der Waals surface area (Å²) in [5.74, 6) is 0. The molecule has 0 aliphatic heterocycles. The third-order valence-electron chi connectivity index (χ3n) is 2.69. The summed E-state index contributed by atoms with van der Waals surface area (Å²) in [4.78, 5) is 0. The molecule has 0 spiro atoms. The molecule has 0 saturated heterocycles. The number of nitrogens with one attached hydrogen (secondary N) is 1. The third-order valence-corrected chi connectivity index (χ3v) is 2.69. The standard InChI is InChI=1S/C15H24FN/c1-5-6-12-7-9-13(10-8-12)14(16)11-17-15(2,3)4/h7-10,14,17H,5-6,11H2,1-4H3. The first-order valence-electron chi connectivity index (χ1n) is 6.40. The Balaban J connectivity index is 2.54. The van der Waals surface area contributed by atoms with Gasteiger partial charge >= 0.3 is 0 Å². The first kappa shape index (κ1) is 14.2. The van der Waals surface area contributed by atoms with E-state index in [-0.39, 0.29) is 5.54 Å². The summed E-state index contributed by atoms with van der Waals surface area (Å²) in [5.41, 5.74) is 2.01. The summed E-state index contributed by atoms with van der Waals surface area (Å²) in [6, 6.07) is 7.87. The van der Waals surface area contributed by atoms with Gasteiger partial charge < -0.3 is 5.32 Å². The summed E-state index contributed by atoms with van der Waals surface area (Å²) in [6.07, 6.45) is 1.27. The Morgan fingerprint density at radius 1 is 1.18 bits per heavy atom. The van der Waals surface area contributed by atoms with Crippen molar-refractivity contribution in [1.82, 2.24) is 5.32 Å². The molecule has 1 aromatic rings. The minimum atomic E-state index is -0.926. The lowest BCUT2D eigenvalue weighted by molar-refractivity contribution is 0.291. The molecule has 17 heavy (non-hydrogen) atoms. The van der Waals surface area contributed by atoms with E-state index in [4.69, 9.17) is 0 Å². The number of rotatable bonds is 5. The second kappa shape index (κ2) is 6.15. The molecule has 1 N–H and O–H groups in total. The van der Waals surface area contributed by atoms with E-state index >= 15 is 0 Å². The van der Waals surface area contributed by atoms with Crippen LogP contribution in [-0.4, -0.2) is 12.1 Å². The maximum atomic E-state index is 13.9. The van der Waals surface area contributed by atoms with E-state index in [1.165, 1.54) is 5.56 Å². The quantitative estimate of drug-likeness (QED) is 0.815. The van der Waals surface area contributed by atoms with Gasteiger partial charge in [0.15, 0.2) is 0 Å². The van der Waals surface area contributed by atoms with Crippen LogP contribution in [0.1, 0.15) is 51.4 Å². The van der Waals surface area contributed by atoms with E-state index in [9.17, 15) is 4.39 Å². The number of halogens is 1. The number of aryl methyl sites for hydroxylation is 1. The van der Waals surface area contributed by atoms with Crippen LogP contribution in [0.5, 0.6) is 0 Å². The fourth-order valence-electron chi connectivity index (χ4n) is 1.70. The fourth-order valence-corrected chi connectivity index (χ4v) is 1.70. The van der Waals surface area contributed by atoms with Crippen LogP contribution in [-0.2, 0) is 6.42 Å². The van der Waals surface area contributed by atoms with E-state index in [2.05, 4.69) is 12.2 Å². The smallest absolute Gasteiger partial charge is 0.138 e. The lowest BCUT2D eigenvalue weighted by Crippen LogP contribution is -2.37. The molecular weight excluding hydrogens is 213 g/mol. The van der Waals surface area contributed by atoms with Gasteiger partial charge in [0.05, 0.1) is 0 Å². The molecule has 96 valence electrons. The molecule has 0 aliphatic carbocycles. The van der Waals surface area contributed by atoms with Crippen molar-refractivity contribution in [2.75, 3.05) is 6.54 Å². The molecule has 1 unspecified atom stereocenters. The van der Waals surface area contributed by atoms with Crippen LogP contribution in [0.15, 0.2) is 24.3 Å². The molecule has 0 fully saturated rings. The maximum Gasteiger partial charge on any atom is 0.138 e. The maximum absolute atomic E-state index is 13.9. The van der Waals surface area contributed by atoms with Crippen LogP contribution >= 0.6 is 0 Å². The summed E-state index contributed by atoms with van der Waals surface area (Å²) < 4.78 is 13.9. The number of hydrogen-bond donors (Lipinski definition) is 1. The second-order valence-electron chi connectivity index (χ2n) is 5.59. The summed E-state index contributed by atoms with van der Waals surface area (Å²) in [5, 5.41) is 3.18. The highest BCUT2D eigenvalue weighted by Crippen LogP contribution is 2.18. The SMILES string of the molecule is CCCc1ccc(C(F)CNC(C)(C)C)cc1. The number of alkyl halides is 1. The molecule has 1 atom stereocenters. The summed E-state index contributed by atoms with van der Waals surface area (Å²) in [6.45, 7) is 8.66. The predicted molar refractivity (Wildman–Crippen MR) is 72.0 cm³/mol. The van der Waals surface area contributed by atoms with Crippen molar-refractivity contribution in [3.8, 4) is 0 Å². The molecule has 1 aromatic carbocycles. The summed E-state index contributed by atoms with van der Waals surface area (Å²) in [7, 11) is 0. The van der Waals surface area contributed by atoms with Gasteiger partial charge in [0.25, 0.3) is 0 Å². The van der Waals surface area contributed by atoms with Crippen LogP contribution in [0.25, 0.3) is 0 Å². The molecule has 1 rings (SSSR count). The normalized spacial score (nSPS) is 13.7. The predicted octanol–water partition coefficient (Wildman–Crippen LogP) is 4.04. The van der Waals surface area contributed by atoms with Gasteiger partial charge in [-0.15, -0.1) is 0 Å². The van der Waals surface area contributed by atoms with Crippen LogP contribution < -0.4 is 5.32 Å². The molecule has 0 radical (unpaired) electrons. The van der Waals surface area contributed by atoms with Gasteiger partial charge in [0, 0.05) is 12.1 Å². The number of hydrogen-bond acceptors (Lipinski definition) is 1. The van der Waals surface area contributed by atoms with Crippen LogP contribution in [0.4, 0.5) is 4.39 Å². The van der Waals surface area contributed by atoms with Gasteiger partial charge in [0.1, 0.15) is 6.17 Å². The molecule has 0 bridgehead atoms. The van der Waals surface area contributed by atoms with Crippen molar-refractivity contribution in [2.24, 2.45) is 0 Å².